The molecule has 0 spiro atoms. The summed E-state index contributed by atoms with van der Waals surface area (Å²) < 4.78 is 5.18. The molecule has 1 aliphatic heterocycles. The van der Waals surface area contributed by atoms with Gasteiger partial charge >= 0.3 is 5.97 Å². The van der Waals surface area contributed by atoms with Crippen molar-refractivity contribution in [2.75, 3.05) is 11.9 Å². The van der Waals surface area contributed by atoms with E-state index in [0.717, 1.165) is 18.4 Å². The van der Waals surface area contributed by atoms with Crippen LogP contribution < -0.4 is 10.6 Å². The summed E-state index contributed by atoms with van der Waals surface area (Å²) in [6.45, 7) is 2.04. The number of hydrogen-bond acceptors (Lipinski definition) is 4. The first-order valence-electron chi connectivity index (χ1n) is 8.44. The van der Waals surface area contributed by atoms with Gasteiger partial charge in [0.05, 0.1) is 12.5 Å². The summed E-state index contributed by atoms with van der Waals surface area (Å²) in [7, 11) is 0. The Morgan fingerprint density at radius 3 is 2.71 bits per heavy atom. The third-order valence-corrected chi connectivity index (χ3v) is 4.80. The van der Waals surface area contributed by atoms with E-state index in [1.165, 1.54) is 0 Å². The lowest BCUT2D eigenvalue weighted by Gasteiger charge is -2.31. The lowest BCUT2D eigenvalue weighted by Crippen LogP contribution is -2.55. The van der Waals surface area contributed by atoms with Crippen molar-refractivity contribution in [1.29, 1.82) is 0 Å². The van der Waals surface area contributed by atoms with Gasteiger partial charge in [-0.2, -0.15) is 0 Å². The monoisotopic (exact) mass is 330 g/mol. The molecule has 1 aliphatic carbocycles. The standard InChI is InChI=1S/C18H22N2O4/c1-2-24-17(23)18(9-5-6-10-18)20-16(22)13-11-15(21)19-14-8-4-3-7-12(13)14/h3-4,7-8,13H,2,5-6,9-11H2,1H3,(H,19,21)(H,20,22). The molecule has 0 saturated heterocycles. The second kappa shape index (κ2) is 6.63. The van der Waals surface area contributed by atoms with Crippen LogP contribution in [0.1, 0.15) is 50.5 Å². The minimum atomic E-state index is -0.948. The van der Waals surface area contributed by atoms with Crippen LogP contribution >= 0.6 is 0 Å². The van der Waals surface area contributed by atoms with Gasteiger partial charge in [0, 0.05) is 12.1 Å². The zero-order chi connectivity index (χ0) is 17.2. The van der Waals surface area contributed by atoms with E-state index in [1.807, 2.05) is 18.2 Å². The molecule has 2 N–H and O–H groups in total. The molecule has 0 bridgehead atoms. The van der Waals surface area contributed by atoms with Crippen LogP contribution in [-0.4, -0.2) is 29.9 Å². The van der Waals surface area contributed by atoms with Crippen LogP contribution in [0.5, 0.6) is 0 Å². The van der Waals surface area contributed by atoms with Crippen LogP contribution in [0.15, 0.2) is 24.3 Å². The van der Waals surface area contributed by atoms with Gasteiger partial charge in [0.2, 0.25) is 11.8 Å². The summed E-state index contributed by atoms with van der Waals surface area (Å²) in [5.41, 5.74) is 0.493. The lowest BCUT2D eigenvalue weighted by molar-refractivity contribution is -0.153. The van der Waals surface area contributed by atoms with E-state index >= 15 is 0 Å². The Balaban J connectivity index is 1.84. The molecule has 1 saturated carbocycles. The zero-order valence-corrected chi connectivity index (χ0v) is 13.8. The van der Waals surface area contributed by atoms with Gasteiger partial charge in [-0.1, -0.05) is 31.0 Å². The molecule has 1 atom stereocenters. The van der Waals surface area contributed by atoms with E-state index in [9.17, 15) is 14.4 Å². The number of carbonyl (C=O) groups excluding carboxylic acids is 3. The number of rotatable bonds is 4. The van der Waals surface area contributed by atoms with Crippen LogP contribution in [0.3, 0.4) is 0 Å². The van der Waals surface area contributed by atoms with Gasteiger partial charge in [0.1, 0.15) is 5.54 Å². The molecule has 1 aromatic carbocycles. The molecule has 1 fully saturated rings. The van der Waals surface area contributed by atoms with Crippen molar-refractivity contribution in [3.05, 3.63) is 29.8 Å². The van der Waals surface area contributed by atoms with Crippen LogP contribution in [0.2, 0.25) is 0 Å². The van der Waals surface area contributed by atoms with Crippen LogP contribution in [0.25, 0.3) is 0 Å². The number of para-hydroxylation sites is 1. The fourth-order valence-electron chi connectivity index (χ4n) is 3.60. The van der Waals surface area contributed by atoms with Crippen LogP contribution in [0.4, 0.5) is 5.69 Å². The summed E-state index contributed by atoms with van der Waals surface area (Å²) in [6, 6.07) is 7.28. The van der Waals surface area contributed by atoms with Gasteiger partial charge in [-0.3, -0.25) is 9.59 Å². The summed E-state index contributed by atoms with van der Waals surface area (Å²) >= 11 is 0. The molecule has 2 aliphatic rings. The Morgan fingerprint density at radius 2 is 2.00 bits per heavy atom. The summed E-state index contributed by atoms with van der Waals surface area (Å²) in [5.74, 6) is -1.43. The molecule has 3 rings (SSSR count). The number of ether oxygens (including phenoxy) is 1. The van der Waals surface area contributed by atoms with Gasteiger partial charge in [0.25, 0.3) is 0 Å². The molecule has 0 aromatic heterocycles. The number of carbonyl (C=O) groups is 3. The average molecular weight is 330 g/mol. The largest absolute Gasteiger partial charge is 0.464 e. The maximum Gasteiger partial charge on any atom is 0.331 e. The summed E-state index contributed by atoms with van der Waals surface area (Å²) in [4.78, 5) is 37.2. The number of anilines is 1. The van der Waals surface area contributed by atoms with Gasteiger partial charge in [-0.25, -0.2) is 4.79 Å². The van der Waals surface area contributed by atoms with Crippen molar-refractivity contribution in [3.63, 3.8) is 0 Å². The highest BCUT2D eigenvalue weighted by Crippen LogP contribution is 2.35. The fraction of sp³-hybridized carbons (Fsp3) is 0.500. The Labute approximate surface area is 140 Å². The van der Waals surface area contributed by atoms with E-state index in [1.54, 1.807) is 13.0 Å². The topological polar surface area (TPSA) is 84.5 Å². The third kappa shape index (κ3) is 3.00. The van der Waals surface area contributed by atoms with Crippen molar-refractivity contribution in [1.82, 2.24) is 5.32 Å². The minimum absolute atomic E-state index is 0.0851. The highest BCUT2D eigenvalue weighted by molar-refractivity contribution is 6.02. The lowest BCUT2D eigenvalue weighted by atomic mass is 9.88. The van der Waals surface area contributed by atoms with Crippen molar-refractivity contribution in [3.8, 4) is 0 Å². The number of amides is 2. The molecule has 24 heavy (non-hydrogen) atoms. The summed E-state index contributed by atoms with van der Waals surface area (Å²) in [6.07, 6.45) is 3.00. The smallest absolute Gasteiger partial charge is 0.331 e. The minimum Gasteiger partial charge on any atom is -0.464 e. The molecular weight excluding hydrogens is 308 g/mol. The Bertz CT molecular complexity index is 665. The van der Waals surface area contributed by atoms with Crippen LogP contribution in [0, 0.1) is 0 Å². The molecule has 128 valence electrons. The highest BCUT2D eigenvalue weighted by Gasteiger charge is 2.45. The number of esters is 1. The van der Waals surface area contributed by atoms with Gasteiger partial charge in [0.15, 0.2) is 0 Å². The normalized spacial score (nSPS) is 21.5. The third-order valence-electron chi connectivity index (χ3n) is 4.80. The second-order valence-corrected chi connectivity index (χ2v) is 6.39. The Hall–Kier alpha value is -2.37. The van der Waals surface area contributed by atoms with E-state index in [4.69, 9.17) is 4.74 Å². The van der Waals surface area contributed by atoms with Crippen LogP contribution in [-0.2, 0) is 19.1 Å². The molecule has 6 heteroatoms. The number of benzene rings is 1. The fourth-order valence-corrected chi connectivity index (χ4v) is 3.60. The van der Waals surface area contributed by atoms with Crippen molar-refractivity contribution in [2.24, 2.45) is 0 Å². The first-order chi connectivity index (χ1) is 11.6. The second-order valence-electron chi connectivity index (χ2n) is 6.39. The SMILES string of the molecule is CCOC(=O)C1(NC(=O)C2CC(=O)Nc3ccccc32)CCCC1. The molecule has 2 amide bonds. The van der Waals surface area contributed by atoms with Gasteiger partial charge in [-0.05, 0) is 31.4 Å². The number of nitrogens with one attached hydrogen (secondary N) is 2. The molecule has 1 aromatic rings. The zero-order valence-electron chi connectivity index (χ0n) is 13.8. The average Bonchev–Trinajstić information content (AvgIpc) is 3.04. The number of fused-ring (bicyclic) bond motifs is 1. The first kappa shape index (κ1) is 16.5. The predicted molar refractivity (Wildman–Crippen MR) is 88.4 cm³/mol. The van der Waals surface area contributed by atoms with Crippen molar-refractivity contribution >= 4 is 23.5 Å². The summed E-state index contributed by atoms with van der Waals surface area (Å²) in [5, 5.41) is 5.70. The quantitative estimate of drug-likeness (QED) is 0.828. The van der Waals surface area contributed by atoms with Gasteiger partial charge < -0.3 is 15.4 Å². The Kier molecular flexibility index (Phi) is 4.55. The van der Waals surface area contributed by atoms with Gasteiger partial charge in [-0.15, -0.1) is 0 Å². The molecule has 1 unspecified atom stereocenters. The predicted octanol–water partition coefficient (Wildman–Crippen LogP) is 2.10. The maximum atomic E-state index is 12.9. The molecule has 0 radical (unpaired) electrons. The van der Waals surface area contributed by atoms with E-state index in [0.29, 0.717) is 18.5 Å². The van der Waals surface area contributed by atoms with Crippen molar-refractivity contribution < 1.29 is 19.1 Å². The van der Waals surface area contributed by atoms with E-state index in [-0.39, 0.29) is 30.8 Å². The Morgan fingerprint density at radius 1 is 1.29 bits per heavy atom. The first-order valence-corrected chi connectivity index (χ1v) is 8.44. The van der Waals surface area contributed by atoms with E-state index in [2.05, 4.69) is 10.6 Å². The molecular formula is C18H22N2O4. The van der Waals surface area contributed by atoms with Crippen molar-refractivity contribution in [2.45, 2.75) is 50.5 Å². The maximum absolute atomic E-state index is 12.9. The van der Waals surface area contributed by atoms with E-state index < -0.39 is 11.5 Å². The molecule has 1 heterocycles. The molecule has 6 nitrogen and oxygen atoms in total. The number of hydrogen-bond donors (Lipinski definition) is 2. The highest BCUT2D eigenvalue weighted by atomic mass is 16.5.